The van der Waals surface area contributed by atoms with Crippen molar-refractivity contribution in [3.8, 4) is 5.75 Å². The number of hydrogen-bond donors (Lipinski definition) is 1. The number of Topliss-reactive ketones (excluding diaryl/α,β-unsaturated/α-hetero) is 1. The molecule has 3 atom stereocenters. The number of morpholine rings is 1. The number of β-lactam (4-membered cyclic amide) rings is 1. The molecular weight excluding hydrogens is 776 g/mol. The van der Waals surface area contributed by atoms with Crippen molar-refractivity contribution >= 4 is 54.2 Å². The number of hydrogen-bond acceptors (Lipinski definition) is 7. The summed E-state index contributed by atoms with van der Waals surface area (Å²) in [6.07, 6.45) is 1.65. The fourth-order valence-corrected chi connectivity index (χ4v) is 14.1. The number of likely N-dealkylation sites (tertiary alicyclic amines) is 1. The molecule has 0 aromatic heterocycles. The monoisotopic (exact) mass is 834 g/mol. The van der Waals surface area contributed by atoms with Gasteiger partial charge in [0, 0.05) is 38.5 Å². The van der Waals surface area contributed by atoms with Crippen molar-refractivity contribution in [3.05, 3.63) is 133 Å². The summed E-state index contributed by atoms with van der Waals surface area (Å²) in [5.41, 5.74) is 1.36. The molecule has 312 valence electrons. The summed E-state index contributed by atoms with van der Waals surface area (Å²) in [5, 5.41) is 13.9. The van der Waals surface area contributed by atoms with Gasteiger partial charge >= 0.3 is 5.97 Å². The van der Waals surface area contributed by atoms with E-state index in [9.17, 15) is 14.7 Å². The normalized spacial score (nSPS) is 18.1. The Morgan fingerprint density at radius 3 is 2.05 bits per heavy atom. The van der Waals surface area contributed by atoms with E-state index < -0.39 is 39.2 Å². The number of carbonyl (C=O) groups excluding carboxylic acids is 2. The largest absolute Gasteiger partial charge is 0.492 e. The summed E-state index contributed by atoms with van der Waals surface area (Å²) in [6.45, 7) is 17.8. The first-order valence-corrected chi connectivity index (χ1v) is 25.3. The van der Waals surface area contributed by atoms with Crippen LogP contribution in [0.5, 0.6) is 5.75 Å². The van der Waals surface area contributed by atoms with Gasteiger partial charge in [-0.15, -0.1) is 6.58 Å². The second-order valence-electron chi connectivity index (χ2n) is 16.9. The molecule has 0 bridgehead atoms. The molecule has 2 aliphatic rings. The lowest BCUT2D eigenvalue weighted by Gasteiger charge is -2.52. The smallest absolute Gasteiger partial charge is 0.353 e. The number of amides is 1. The minimum Gasteiger partial charge on any atom is -0.492 e. The van der Waals surface area contributed by atoms with Gasteiger partial charge in [0.15, 0.2) is 14.1 Å². The molecule has 59 heavy (non-hydrogen) atoms. The molecule has 11 heteroatoms. The highest BCUT2D eigenvalue weighted by Gasteiger charge is 2.57. The summed E-state index contributed by atoms with van der Waals surface area (Å²) in [5.74, 6) is -1.85. The summed E-state index contributed by atoms with van der Waals surface area (Å²) in [4.78, 5) is 47.6. The third-order valence-corrected chi connectivity index (χ3v) is 21.1. The number of rotatable bonds is 17. The highest BCUT2D eigenvalue weighted by Crippen LogP contribution is 2.51. The molecule has 1 N–H and O–H groups in total. The molecule has 4 aromatic carbocycles. The first kappa shape index (κ1) is 44.0. The summed E-state index contributed by atoms with van der Waals surface area (Å²) in [6, 6.07) is 33.5. The van der Waals surface area contributed by atoms with Gasteiger partial charge in [0.2, 0.25) is 5.91 Å². The van der Waals surface area contributed by atoms with E-state index in [4.69, 9.17) is 13.9 Å². The van der Waals surface area contributed by atoms with E-state index in [1.54, 1.807) is 24.3 Å². The molecule has 0 aliphatic carbocycles. The number of ketones is 1. The van der Waals surface area contributed by atoms with E-state index >= 15 is 4.79 Å². The summed E-state index contributed by atoms with van der Waals surface area (Å²) < 4.78 is 18.3. The Morgan fingerprint density at radius 1 is 0.915 bits per heavy atom. The number of carboxylic acid groups (broad SMARTS) is 1. The minimum atomic E-state index is -3.35. The zero-order chi connectivity index (χ0) is 42.4. The fourth-order valence-electron chi connectivity index (χ4n) is 8.10. The molecule has 2 fully saturated rings. The van der Waals surface area contributed by atoms with Crippen LogP contribution in [0.15, 0.2) is 122 Å². The minimum absolute atomic E-state index is 0.0194. The Bertz CT molecular complexity index is 2120. The summed E-state index contributed by atoms with van der Waals surface area (Å²) >= 11 is 0. The predicted octanol–water partition coefficient (Wildman–Crippen LogP) is 7.14. The highest BCUT2D eigenvalue weighted by molar-refractivity contribution is 7.96. The van der Waals surface area contributed by atoms with Crippen LogP contribution >= 0.6 is 6.89 Å². The van der Waals surface area contributed by atoms with E-state index in [0.717, 1.165) is 54.3 Å². The van der Waals surface area contributed by atoms with E-state index in [1.807, 2.05) is 97.9 Å². The molecule has 1 amide bonds. The molecule has 4 aromatic rings. The van der Waals surface area contributed by atoms with Gasteiger partial charge in [-0.2, -0.15) is 0 Å². The van der Waals surface area contributed by atoms with Crippen molar-refractivity contribution in [2.45, 2.75) is 70.8 Å². The zero-order valence-corrected chi connectivity index (χ0v) is 37.2. The topological polar surface area (TPSA) is 106 Å². The molecular formula is C48H59N2O7PSi. The molecule has 2 heterocycles. The van der Waals surface area contributed by atoms with Crippen LogP contribution in [0.1, 0.15) is 50.0 Å². The number of nitrogens with zero attached hydrogens (tertiary/aromatic N) is 2. The number of carbonyl (C=O) groups is 3. The third kappa shape index (κ3) is 9.28. The van der Waals surface area contributed by atoms with Gasteiger partial charge in [-0.05, 0) is 77.2 Å². The SMILES string of the molecule is C=CCc1ccccc1P(=C(C(=O)O)N1C(=O)[C@H]([C@@H](C)O[Si](C)(C)C(C)(C)C)[C@H]1CC(=O)c1ccc(OCCN2CCOCC2)cc1)(c1ccccc1)c1ccccc1. The van der Waals surface area contributed by atoms with Crippen LogP contribution in [0.2, 0.25) is 18.1 Å². The Balaban J connectivity index is 1.49. The van der Waals surface area contributed by atoms with Gasteiger partial charge in [0.05, 0.1) is 31.3 Å². The van der Waals surface area contributed by atoms with Gasteiger partial charge in [-0.3, -0.25) is 14.5 Å². The number of benzene rings is 4. The molecule has 0 unspecified atom stereocenters. The van der Waals surface area contributed by atoms with Crippen molar-refractivity contribution in [3.63, 3.8) is 0 Å². The molecule has 2 saturated heterocycles. The van der Waals surface area contributed by atoms with Gasteiger partial charge in [-0.25, -0.2) is 4.79 Å². The Morgan fingerprint density at radius 2 is 1.49 bits per heavy atom. The van der Waals surface area contributed by atoms with Crippen molar-refractivity contribution < 1.29 is 33.4 Å². The van der Waals surface area contributed by atoms with Crippen LogP contribution in [-0.2, 0) is 25.2 Å². The molecule has 6 rings (SSSR count). The lowest BCUT2D eigenvalue weighted by atomic mass is 9.79. The van der Waals surface area contributed by atoms with E-state index in [2.05, 4.69) is 45.3 Å². The van der Waals surface area contributed by atoms with Gasteiger partial charge in [0.1, 0.15) is 17.8 Å². The van der Waals surface area contributed by atoms with Crippen LogP contribution in [0.4, 0.5) is 0 Å². The van der Waals surface area contributed by atoms with Gasteiger partial charge < -0.3 is 23.9 Å². The van der Waals surface area contributed by atoms with Crippen LogP contribution in [-0.4, -0.2) is 97.9 Å². The lowest BCUT2D eigenvalue weighted by Crippen LogP contribution is -2.69. The van der Waals surface area contributed by atoms with Crippen molar-refractivity contribution in [1.82, 2.24) is 9.80 Å². The number of carboxylic acids is 1. The molecule has 0 saturated carbocycles. The first-order chi connectivity index (χ1) is 28.2. The number of allylic oxidation sites excluding steroid dienone is 1. The third-order valence-electron chi connectivity index (χ3n) is 12.2. The van der Waals surface area contributed by atoms with Crippen LogP contribution in [0.25, 0.3) is 0 Å². The number of ether oxygens (including phenoxy) is 2. The second kappa shape index (κ2) is 18.8. The average molecular weight is 835 g/mol. The maximum Gasteiger partial charge on any atom is 0.353 e. The average Bonchev–Trinajstić information content (AvgIpc) is 3.22. The van der Waals surface area contributed by atoms with Crippen molar-refractivity contribution in [2.75, 3.05) is 39.5 Å². The second-order valence-corrected chi connectivity index (χ2v) is 25.0. The van der Waals surface area contributed by atoms with Crippen LogP contribution < -0.4 is 20.7 Å². The van der Waals surface area contributed by atoms with E-state index in [-0.39, 0.29) is 28.6 Å². The van der Waals surface area contributed by atoms with Gasteiger partial charge in [0.25, 0.3) is 0 Å². The Hall–Kier alpha value is -4.57. The van der Waals surface area contributed by atoms with E-state index in [1.165, 1.54) is 4.90 Å². The van der Waals surface area contributed by atoms with E-state index in [0.29, 0.717) is 24.3 Å². The molecule has 2 aliphatic heterocycles. The quantitative estimate of drug-likeness (QED) is 0.0394. The fraction of sp³-hybridized carbons (Fsp3) is 0.375. The zero-order valence-electron chi connectivity index (χ0n) is 35.3. The van der Waals surface area contributed by atoms with Crippen LogP contribution in [0.3, 0.4) is 0 Å². The highest BCUT2D eigenvalue weighted by atomic mass is 31.2. The van der Waals surface area contributed by atoms with Gasteiger partial charge in [-0.1, -0.05) is 112 Å². The molecule has 0 radical (unpaired) electrons. The Labute approximate surface area is 351 Å². The predicted molar refractivity (Wildman–Crippen MR) is 242 cm³/mol. The van der Waals surface area contributed by atoms with Crippen molar-refractivity contribution in [1.29, 1.82) is 0 Å². The Kier molecular flexibility index (Phi) is 14.0. The first-order valence-electron chi connectivity index (χ1n) is 20.6. The summed E-state index contributed by atoms with van der Waals surface area (Å²) in [7, 11) is -2.39. The van der Waals surface area contributed by atoms with Crippen molar-refractivity contribution in [2.24, 2.45) is 5.92 Å². The lowest BCUT2D eigenvalue weighted by molar-refractivity contribution is -0.155. The molecule has 9 nitrogen and oxygen atoms in total. The molecule has 0 spiro atoms. The maximum absolute atomic E-state index is 15.1. The maximum atomic E-state index is 15.1. The number of aliphatic carboxylic acids is 1. The standard InChI is InChI=1S/C48H59N2O7PSi/c1-8-17-37-18-15-16-23-43(37)58(39-19-11-9-12-20-39,40-21-13-10-14-22-40)46(47(53)54)50-41(44(45(50)52)35(2)57-59(6,7)48(3,4)5)34-42(51)36-24-26-38(27-25-36)56-33-30-49-28-31-55-32-29-49/h8-16,18-27,35,41,44H,1,17,28-34H2,2-7H3,(H,53,54)/t35-,41-,44-/m1/s1. The van der Waals surface area contributed by atoms with Crippen LogP contribution in [0, 0.1) is 5.92 Å².